The van der Waals surface area contributed by atoms with Gasteiger partial charge in [-0.1, -0.05) is 0 Å². The van der Waals surface area contributed by atoms with E-state index in [0.717, 1.165) is 55.5 Å². The molecule has 6 nitrogen and oxygen atoms in total. The smallest absolute Gasteiger partial charge is 0.260 e. The topological polar surface area (TPSA) is 59.4 Å². The van der Waals surface area contributed by atoms with Gasteiger partial charge in [0.05, 0.1) is 5.69 Å². The number of nitrogens with one attached hydrogen (secondary N) is 1. The fourth-order valence-electron chi connectivity index (χ4n) is 3.18. The monoisotopic (exact) mass is 356 g/mol. The number of hydrogen-bond acceptors (Lipinski definition) is 4. The molecule has 0 radical (unpaired) electrons. The van der Waals surface area contributed by atoms with Crippen LogP contribution in [0.25, 0.3) is 0 Å². The van der Waals surface area contributed by atoms with Crippen molar-refractivity contribution in [2.75, 3.05) is 26.2 Å². The largest absolute Gasteiger partial charge is 0.480 e. The van der Waals surface area contributed by atoms with E-state index in [-0.39, 0.29) is 24.9 Å². The Morgan fingerprint density at radius 2 is 1.92 bits per heavy atom. The van der Waals surface area contributed by atoms with E-state index in [9.17, 15) is 4.79 Å². The number of aryl methyl sites for hydroxylation is 2. The van der Waals surface area contributed by atoms with Crippen molar-refractivity contribution in [1.82, 2.24) is 20.0 Å². The van der Waals surface area contributed by atoms with Crippen molar-refractivity contribution in [3.8, 4) is 5.75 Å². The van der Waals surface area contributed by atoms with Gasteiger partial charge in [0.2, 0.25) is 0 Å². The number of hydrogen-bond donors (Lipinski definition) is 1. The maximum Gasteiger partial charge on any atom is 0.260 e. The molecule has 24 heavy (non-hydrogen) atoms. The number of nitrogens with zero attached hydrogens (tertiary/aromatic N) is 3. The predicted octanol–water partition coefficient (Wildman–Crippen LogP) is 1.83. The van der Waals surface area contributed by atoms with E-state index in [1.807, 2.05) is 25.8 Å². The summed E-state index contributed by atoms with van der Waals surface area (Å²) in [6.45, 7) is 6.78. The zero-order valence-corrected chi connectivity index (χ0v) is 15.7. The molecule has 0 bridgehead atoms. The minimum atomic E-state index is 0. The van der Waals surface area contributed by atoms with E-state index >= 15 is 0 Å². The van der Waals surface area contributed by atoms with Gasteiger partial charge in [0.25, 0.3) is 5.91 Å². The first-order valence-electron chi connectivity index (χ1n) is 8.68. The van der Waals surface area contributed by atoms with Crippen LogP contribution in [0.4, 0.5) is 0 Å². The van der Waals surface area contributed by atoms with Gasteiger partial charge in [0.1, 0.15) is 5.69 Å². The molecule has 1 amide bonds. The highest BCUT2D eigenvalue weighted by atomic mass is 35.5. The zero-order chi connectivity index (χ0) is 16.4. The molecule has 1 aromatic heterocycles. The number of amides is 1. The first kappa shape index (κ1) is 19.1. The lowest BCUT2D eigenvalue weighted by atomic mass is 10.0. The Balaban J connectivity index is 0.00000208. The van der Waals surface area contributed by atoms with E-state index in [2.05, 4.69) is 10.4 Å². The Morgan fingerprint density at radius 1 is 1.25 bits per heavy atom. The highest BCUT2D eigenvalue weighted by molar-refractivity contribution is 5.85. The highest BCUT2D eigenvalue weighted by Crippen LogP contribution is 2.28. The first-order chi connectivity index (χ1) is 11.0. The van der Waals surface area contributed by atoms with Gasteiger partial charge in [-0.25, -0.2) is 0 Å². The predicted molar refractivity (Wildman–Crippen MR) is 95.8 cm³/mol. The summed E-state index contributed by atoms with van der Waals surface area (Å²) in [6.07, 6.45) is 4.86. The molecule has 0 unspecified atom stereocenters. The van der Waals surface area contributed by atoms with Gasteiger partial charge in [-0.3, -0.25) is 9.48 Å². The van der Waals surface area contributed by atoms with Gasteiger partial charge in [-0.15, -0.1) is 12.4 Å². The standard InChI is InChI=1S/C17H28N4O2.ClH/c1-12-17(13(2)20(3)19-12)23-11-16(22)21-8-6-15(7-9-21)18-10-14-4-5-14;/h14-15,18H,4-11H2,1-3H3;1H. The molecule has 136 valence electrons. The van der Waals surface area contributed by atoms with Gasteiger partial charge in [0, 0.05) is 26.2 Å². The van der Waals surface area contributed by atoms with Gasteiger partial charge in [0.15, 0.2) is 12.4 Å². The second-order valence-corrected chi connectivity index (χ2v) is 6.92. The van der Waals surface area contributed by atoms with Gasteiger partial charge in [-0.05, 0) is 52.0 Å². The van der Waals surface area contributed by atoms with Crippen molar-refractivity contribution in [1.29, 1.82) is 0 Å². The third kappa shape index (κ3) is 4.63. The summed E-state index contributed by atoms with van der Waals surface area (Å²) >= 11 is 0. The second-order valence-electron chi connectivity index (χ2n) is 6.92. The molecule has 2 aliphatic rings. The van der Waals surface area contributed by atoms with Gasteiger partial charge < -0.3 is 15.0 Å². The highest BCUT2D eigenvalue weighted by Gasteiger charge is 2.26. The summed E-state index contributed by atoms with van der Waals surface area (Å²) in [5, 5.41) is 7.95. The lowest BCUT2D eigenvalue weighted by molar-refractivity contribution is -0.134. The van der Waals surface area contributed by atoms with Crippen LogP contribution in [0.2, 0.25) is 0 Å². The van der Waals surface area contributed by atoms with Crippen molar-refractivity contribution in [3.05, 3.63) is 11.4 Å². The fraction of sp³-hybridized carbons (Fsp3) is 0.765. The van der Waals surface area contributed by atoms with Gasteiger partial charge >= 0.3 is 0 Å². The molecule has 3 rings (SSSR count). The molecule has 0 aromatic carbocycles. The second kappa shape index (κ2) is 8.21. The lowest BCUT2D eigenvalue weighted by Gasteiger charge is -2.32. The molecule has 1 aliphatic heterocycles. The summed E-state index contributed by atoms with van der Waals surface area (Å²) in [6, 6.07) is 0.573. The van der Waals surface area contributed by atoms with Crippen LogP contribution in [-0.4, -0.2) is 52.9 Å². The Labute approximate surface area is 150 Å². The SMILES string of the molecule is Cc1nn(C)c(C)c1OCC(=O)N1CCC(NCC2CC2)CC1.Cl. The van der Waals surface area contributed by atoms with Crippen LogP contribution in [0.3, 0.4) is 0 Å². The third-order valence-corrected chi connectivity index (χ3v) is 5.02. The number of aromatic nitrogens is 2. The Kier molecular flexibility index (Phi) is 6.52. The first-order valence-corrected chi connectivity index (χ1v) is 8.68. The van der Waals surface area contributed by atoms with Crippen molar-refractivity contribution in [3.63, 3.8) is 0 Å². The molecule has 0 spiro atoms. The van der Waals surface area contributed by atoms with Crippen molar-refractivity contribution >= 4 is 18.3 Å². The summed E-state index contributed by atoms with van der Waals surface area (Å²) < 4.78 is 7.51. The zero-order valence-electron chi connectivity index (χ0n) is 14.9. The Bertz CT molecular complexity index is 563. The molecule has 2 fully saturated rings. The van der Waals surface area contributed by atoms with Crippen LogP contribution in [0.1, 0.15) is 37.1 Å². The average molecular weight is 357 g/mol. The van der Waals surface area contributed by atoms with Crippen LogP contribution in [0, 0.1) is 19.8 Å². The van der Waals surface area contributed by atoms with E-state index < -0.39 is 0 Å². The van der Waals surface area contributed by atoms with Crippen LogP contribution < -0.4 is 10.1 Å². The molecular formula is C17H29ClN4O2. The quantitative estimate of drug-likeness (QED) is 0.844. The number of carbonyl (C=O) groups is 1. The molecule has 1 aromatic rings. The normalized spacial score (nSPS) is 18.4. The maximum absolute atomic E-state index is 12.3. The maximum atomic E-state index is 12.3. The van der Waals surface area contributed by atoms with E-state index in [4.69, 9.17) is 4.74 Å². The van der Waals surface area contributed by atoms with Crippen LogP contribution >= 0.6 is 12.4 Å². The molecule has 1 saturated heterocycles. The number of likely N-dealkylation sites (tertiary alicyclic amines) is 1. The number of halogens is 1. The third-order valence-electron chi connectivity index (χ3n) is 5.02. The van der Waals surface area contributed by atoms with Crippen LogP contribution in [0.5, 0.6) is 5.75 Å². The van der Waals surface area contributed by atoms with E-state index in [1.54, 1.807) is 4.68 Å². The van der Waals surface area contributed by atoms with Crippen molar-refractivity contribution in [2.24, 2.45) is 13.0 Å². The molecule has 0 atom stereocenters. The molecule has 2 heterocycles. The number of carbonyl (C=O) groups excluding carboxylic acids is 1. The molecule has 1 aliphatic carbocycles. The van der Waals surface area contributed by atoms with Crippen LogP contribution in [-0.2, 0) is 11.8 Å². The fourth-order valence-corrected chi connectivity index (χ4v) is 3.18. The molecule has 7 heteroatoms. The number of piperidine rings is 1. The summed E-state index contributed by atoms with van der Waals surface area (Å²) in [5.41, 5.74) is 1.79. The Hall–Kier alpha value is -1.27. The Morgan fingerprint density at radius 3 is 2.46 bits per heavy atom. The molecular weight excluding hydrogens is 328 g/mol. The summed E-state index contributed by atoms with van der Waals surface area (Å²) in [7, 11) is 1.89. The van der Waals surface area contributed by atoms with Crippen molar-refractivity contribution < 1.29 is 9.53 Å². The number of rotatable bonds is 6. The number of ether oxygens (including phenoxy) is 1. The minimum absolute atomic E-state index is 0. The summed E-state index contributed by atoms with van der Waals surface area (Å²) in [4.78, 5) is 14.3. The lowest BCUT2D eigenvalue weighted by Crippen LogP contribution is -2.46. The van der Waals surface area contributed by atoms with E-state index in [0.29, 0.717) is 6.04 Å². The average Bonchev–Trinajstić information content (AvgIpc) is 3.33. The molecule has 1 N–H and O–H groups in total. The van der Waals surface area contributed by atoms with Gasteiger partial charge in [-0.2, -0.15) is 5.10 Å². The minimum Gasteiger partial charge on any atom is -0.480 e. The van der Waals surface area contributed by atoms with E-state index in [1.165, 1.54) is 12.8 Å². The van der Waals surface area contributed by atoms with Crippen molar-refractivity contribution in [2.45, 2.75) is 45.6 Å². The summed E-state index contributed by atoms with van der Waals surface area (Å²) in [5.74, 6) is 1.73. The van der Waals surface area contributed by atoms with Crippen LogP contribution in [0.15, 0.2) is 0 Å². The molecule has 1 saturated carbocycles.